The molecule has 0 saturated heterocycles. The van der Waals surface area contributed by atoms with Gasteiger partial charge in [0.2, 0.25) is 12.3 Å². The summed E-state index contributed by atoms with van der Waals surface area (Å²) in [6.07, 6.45) is -3.54. The molecule has 1 aliphatic heterocycles. The van der Waals surface area contributed by atoms with Crippen LogP contribution < -0.4 is 21.5 Å². The molecule has 2 saturated carbocycles. The van der Waals surface area contributed by atoms with E-state index >= 15 is 0 Å². The van der Waals surface area contributed by atoms with E-state index in [-0.39, 0.29) is 18.3 Å². The van der Waals surface area contributed by atoms with E-state index in [4.69, 9.17) is 16.2 Å². The average Bonchev–Trinajstić information content (AvgIpc) is 3.14. The van der Waals surface area contributed by atoms with Crippen LogP contribution >= 0.6 is 0 Å². The summed E-state index contributed by atoms with van der Waals surface area (Å²) in [5, 5.41) is 38.4. The first-order valence-electron chi connectivity index (χ1n) is 13.4. The van der Waals surface area contributed by atoms with E-state index in [1.165, 1.54) is 0 Å². The number of Topliss-reactive ketones (excluding diaryl/α,β-unsaturated/α-hetero) is 2. The zero-order valence-corrected chi connectivity index (χ0v) is 22.7. The van der Waals surface area contributed by atoms with E-state index in [0.717, 1.165) is 11.1 Å². The van der Waals surface area contributed by atoms with Gasteiger partial charge in [-0.2, -0.15) is 0 Å². The van der Waals surface area contributed by atoms with Crippen molar-refractivity contribution in [1.82, 2.24) is 0 Å². The standard InChI is InChI=1S/C28H39N3O7/c1-10(2)12-7-14-19(31-25(30)38-14)15-13(12)8-26(5)9-27(6)17(11(3)4)21(33)16(24(29)36)22(34)28(27,37)23(35)18(26)20(15)32/h7,10-11,16-18,21,23,25,31,33,35,37H,8-9,30H2,1-6H3,(H2,29,36)/t16-,17+,18-,21?,23?,25?,26-,27-,28+/m1/s1. The molecule has 208 valence electrons. The first-order valence-corrected chi connectivity index (χ1v) is 13.4. The molecule has 5 rings (SSSR count). The van der Waals surface area contributed by atoms with Crippen molar-refractivity contribution in [2.45, 2.75) is 84.5 Å². The molecular weight excluding hydrogens is 490 g/mol. The van der Waals surface area contributed by atoms with Gasteiger partial charge in [0.25, 0.3) is 0 Å². The van der Waals surface area contributed by atoms with Crippen molar-refractivity contribution >= 4 is 23.2 Å². The maximum absolute atomic E-state index is 14.4. The molecule has 0 aromatic heterocycles. The quantitative estimate of drug-likeness (QED) is 0.311. The minimum atomic E-state index is -2.47. The molecule has 9 atom stereocenters. The predicted molar refractivity (Wildman–Crippen MR) is 138 cm³/mol. The largest absolute Gasteiger partial charge is 0.455 e. The highest BCUT2D eigenvalue weighted by Gasteiger charge is 2.76. The summed E-state index contributed by atoms with van der Waals surface area (Å²) in [6.45, 7) is 11.3. The summed E-state index contributed by atoms with van der Waals surface area (Å²) < 4.78 is 5.70. The van der Waals surface area contributed by atoms with Gasteiger partial charge in [0.15, 0.2) is 17.2 Å². The fourth-order valence-electron chi connectivity index (χ4n) is 8.68. The van der Waals surface area contributed by atoms with Gasteiger partial charge in [0, 0.05) is 11.0 Å². The highest BCUT2D eigenvalue weighted by atomic mass is 16.5. The number of anilines is 1. The second kappa shape index (κ2) is 8.24. The van der Waals surface area contributed by atoms with Gasteiger partial charge in [-0.25, -0.2) is 0 Å². The Labute approximate surface area is 222 Å². The van der Waals surface area contributed by atoms with Crippen molar-refractivity contribution in [2.24, 2.45) is 46.0 Å². The number of fused-ring (bicyclic) bond motifs is 5. The molecule has 4 aliphatic rings. The molecule has 3 aliphatic carbocycles. The molecule has 10 nitrogen and oxygen atoms in total. The number of aliphatic hydroxyl groups excluding tert-OH is 2. The van der Waals surface area contributed by atoms with E-state index in [9.17, 15) is 29.7 Å². The molecule has 10 heteroatoms. The number of rotatable bonds is 3. The highest BCUT2D eigenvalue weighted by Crippen LogP contribution is 2.66. The third-order valence-electron chi connectivity index (χ3n) is 9.97. The molecule has 2 fully saturated rings. The van der Waals surface area contributed by atoms with E-state index < -0.39 is 70.2 Å². The molecule has 38 heavy (non-hydrogen) atoms. The Morgan fingerprint density at radius 2 is 1.82 bits per heavy atom. The number of benzene rings is 1. The number of nitrogens with one attached hydrogen (secondary N) is 1. The molecule has 1 aromatic rings. The normalized spacial score (nSPS) is 41.7. The topological polar surface area (TPSA) is 185 Å². The Balaban J connectivity index is 1.75. The second-order valence-electron chi connectivity index (χ2n) is 13.0. The Morgan fingerprint density at radius 3 is 2.37 bits per heavy atom. The lowest BCUT2D eigenvalue weighted by atomic mass is 9.39. The van der Waals surface area contributed by atoms with Crippen molar-refractivity contribution in [2.75, 3.05) is 5.32 Å². The van der Waals surface area contributed by atoms with Gasteiger partial charge in [0.1, 0.15) is 17.8 Å². The molecule has 0 radical (unpaired) electrons. The molecule has 1 heterocycles. The maximum atomic E-state index is 14.4. The number of carbonyl (C=O) groups is 3. The second-order valence-corrected chi connectivity index (χ2v) is 13.0. The molecule has 3 unspecified atom stereocenters. The lowest BCUT2D eigenvalue weighted by molar-refractivity contribution is -0.265. The number of aliphatic hydroxyl groups is 3. The number of ketones is 2. The average molecular weight is 530 g/mol. The van der Waals surface area contributed by atoms with Crippen LogP contribution in [0.5, 0.6) is 5.75 Å². The number of amides is 1. The van der Waals surface area contributed by atoms with Crippen molar-refractivity contribution in [1.29, 1.82) is 0 Å². The van der Waals surface area contributed by atoms with Gasteiger partial charge >= 0.3 is 0 Å². The van der Waals surface area contributed by atoms with E-state index in [2.05, 4.69) is 5.32 Å². The first-order chi connectivity index (χ1) is 17.5. The summed E-state index contributed by atoms with van der Waals surface area (Å²) in [7, 11) is 0. The van der Waals surface area contributed by atoms with E-state index in [1.807, 2.05) is 40.7 Å². The fourth-order valence-corrected chi connectivity index (χ4v) is 8.68. The number of primary amides is 1. The smallest absolute Gasteiger partial charge is 0.230 e. The van der Waals surface area contributed by atoms with Crippen LogP contribution in [-0.4, -0.2) is 57.0 Å². The number of carbonyl (C=O) groups excluding carboxylic acids is 3. The Bertz CT molecular complexity index is 1250. The Hall–Kier alpha value is -2.53. The van der Waals surface area contributed by atoms with Crippen molar-refractivity contribution in [3.8, 4) is 5.75 Å². The number of ether oxygens (including phenoxy) is 1. The van der Waals surface area contributed by atoms with Crippen LogP contribution in [0.25, 0.3) is 0 Å². The molecule has 1 aromatic carbocycles. The van der Waals surface area contributed by atoms with Gasteiger partial charge in [-0.15, -0.1) is 0 Å². The van der Waals surface area contributed by atoms with Gasteiger partial charge in [0.05, 0.1) is 17.7 Å². The lowest BCUT2D eigenvalue weighted by Gasteiger charge is -2.66. The van der Waals surface area contributed by atoms with Crippen LogP contribution in [0, 0.1) is 34.5 Å². The van der Waals surface area contributed by atoms with Gasteiger partial charge in [-0.05, 0) is 53.2 Å². The monoisotopic (exact) mass is 529 g/mol. The van der Waals surface area contributed by atoms with Crippen LogP contribution in [0.15, 0.2) is 6.07 Å². The summed E-state index contributed by atoms with van der Waals surface area (Å²) in [5.41, 5.74) is 9.37. The van der Waals surface area contributed by atoms with Crippen LogP contribution in [0.4, 0.5) is 5.69 Å². The van der Waals surface area contributed by atoms with Crippen molar-refractivity contribution in [3.63, 3.8) is 0 Å². The summed E-state index contributed by atoms with van der Waals surface area (Å²) in [5.74, 6) is -5.89. The predicted octanol–water partition coefficient (Wildman–Crippen LogP) is 1.04. The summed E-state index contributed by atoms with van der Waals surface area (Å²) in [4.78, 5) is 40.5. The molecule has 8 N–H and O–H groups in total. The maximum Gasteiger partial charge on any atom is 0.230 e. The summed E-state index contributed by atoms with van der Waals surface area (Å²) >= 11 is 0. The first kappa shape index (κ1) is 27.1. The van der Waals surface area contributed by atoms with Crippen LogP contribution in [0.3, 0.4) is 0 Å². The number of hydrogen-bond acceptors (Lipinski definition) is 9. The minimum absolute atomic E-state index is 0.0567. The van der Waals surface area contributed by atoms with E-state index in [0.29, 0.717) is 23.4 Å². The number of hydrogen-bond donors (Lipinski definition) is 6. The fraction of sp³-hybridized carbons (Fsp3) is 0.679. The molecule has 0 bridgehead atoms. The highest BCUT2D eigenvalue weighted by molar-refractivity contribution is 6.10. The van der Waals surface area contributed by atoms with Crippen LogP contribution in [0.2, 0.25) is 0 Å². The van der Waals surface area contributed by atoms with Gasteiger partial charge < -0.3 is 31.1 Å². The van der Waals surface area contributed by atoms with Gasteiger partial charge in [-0.1, -0.05) is 41.5 Å². The Kier molecular flexibility index (Phi) is 5.86. The molecule has 1 amide bonds. The SMILES string of the molecule is CC(C)c1cc2c(c3c1C[C@]1(C)C[C@]4(C)[C@@H](C(C)C)C(O)[C@@H](C(N)=O)C(=O)[C@]4(O)C(O)[C@H]1C3=O)NC(N)O2. The lowest BCUT2D eigenvalue weighted by Crippen LogP contribution is -2.79. The third kappa shape index (κ3) is 3.17. The van der Waals surface area contributed by atoms with Gasteiger partial charge in [-0.3, -0.25) is 20.1 Å². The number of nitrogens with two attached hydrogens (primary N) is 2. The minimum Gasteiger partial charge on any atom is -0.455 e. The Morgan fingerprint density at radius 1 is 1.18 bits per heavy atom. The third-order valence-corrected chi connectivity index (χ3v) is 9.97. The molecular formula is C28H39N3O7. The zero-order chi connectivity index (χ0) is 28.3. The van der Waals surface area contributed by atoms with Crippen molar-refractivity contribution in [3.05, 3.63) is 22.8 Å². The summed E-state index contributed by atoms with van der Waals surface area (Å²) in [6, 6.07) is 1.90. The van der Waals surface area contributed by atoms with Crippen LogP contribution in [0.1, 0.15) is 75.4 Å². The van der Waals surface area contributed by atoms with Crippen LogP contribution in [-0.2, 0) is 16.0 Å². The molecule has 0 spiro atoms. The van der Waals surface area contributed by atoms with Crippen molar-refractivity contribution < 1.29 is 34.4 Å². The van der Waals surface area contributed by atoms with E-state index in [1.54, 1.807) is 6.92 Å². The zero-order valence-electron chi connectivity index (χ0n) is 22.7.